The van der Waals surface area contributed by atoms with Crippen LogP contribution in [0.5, 0.6) is 0 Å². The predicted molar refractivity (Wildman–Crippen MR) is 48.5 cm³/mol. The summed E-state index contributed by atoms with van der Waals surface area (Å²) in [5.74, 6) is 0. The minimum atomic E-state index is -3.12. The zero-order chi connectivity index (χ0) is 8.48. The topological polar surface area (TPSA) is 0 Å². The van der Waals surface area contributed by atoms with E-state index in [1.165, 1.54) is 0 Å². The third-order valence-electron chi connectivity index (χ3n) is 1.53. The van der Waals surface area contributed by atoms with Gasteiger partial charge < -0.3 is 0 Å². The Morgan fingerprint density at radius 2 is 2.09 bits per heavy atom. The second-order valence-electron chi connectivity index (χ2n) is 2.24. The summed E-state index contributed by atoms with van der Waals surface area (Å²) in [6.45, 7) is 3.65. The molecule has 0 unspecified atom stereocenters. The first-order chi connectivity index (χ1) is 5.05. The number of hydrogen-bond acceptors (Lipinski definition) is 0. The molecule has 0 aliphatic heterocycles. The molecule has 0 aromatic heterocycles. The Hall–Kier alpha value is 0.804. The first-order valence-corrected chi connectivity index (χ1v) is 10.4. The quantitative estimate of drug-likeness (QED) is 0.645. The van der Waals surface area contributed by atoms with Crippen LogP contribution >= 0.6 is 27.9 Å². The van der Waals surface area contributed by atoms with Gasteiger partial charge in [0.2, 0.25) is 0 Å². The van der Waals surface area contributed by atoms with Crippen LogP contribution in [0.15, 0.2) is 34.3 Å². The number of allylic oxidation sites excluding steroid dienone is 5. The normalized spacial score (nSPS) is 17.7. The van der Waals surface area contributed by atoms with Crippen molar-refractivity contribution in [2.75, 3.05) is 0 Å². The van der Waals surface area contributed by atoms with E-state index in [0.717, 1.165) is 15.9 Å². The zero-order valence-electron chi connectivity index (χ0n) is 5.78. The van der Waals surface area contributed by atoms with Crippen molar-refractivity contribution in [3.63, 3.8) is 0 Å². The molecule has 0 aromatic carbocycles. The molecular weight excluding hydrogens is 238 g/mol. The Kier molecular flexibility index (Phi) is 3.31. The van der Waals surface area contributed by atoms with Gasteiger partial charge in [-0.05, 0) is 0 Å². The van der Waals surface area contributed by atoms with E-state index < -0.39 is 13.4 Å². The fourth-order valence-corrected chi connectivity index (χ4v) is 4.64. The van der Waals surface area contributed by atoms with Crippen LogP contribution in [0.25, 0.3) is 0 Å². The van der Waals surface area contributed by atoms with Crippen LogP contribution in [-0.4, -0.2) is 0 Å². The van der Waals surface area contributed by atoms with Crippen LogP contribution in [0.1, 0.15) is 6.42 Å². The van der Waals surface area contributed by atoms with E-state index in [4.69, 9.17) is 27.9 Å². The van der Waals surface area contributed by atoms with Gasteiger partial charge in [-0.1, -0.05) is 0 Å². The summed E-state index contributed by atoms with van der Waals surface area (Å²) < 4.78 is 0.991. The SMILES string of the molecule is C=CC1=[C]([Ti]([Cl])([Cl])[Cl])CC=C1. The first kappa shape index (κ1) is 9.89. The summed E-state index contributed by atoms with van der Waals surface area (Å²) in [5, 5.41) is 0. The van der Waals surface area contributed by atoms with E-state index in [1.54, 1.807) is 6.08 Å². The molecule has 1 aliphatic rings. The molecule has 0 saturated heterocycles. The van der Waals surface area contributed by atoms with Gasteiger partial charge in [0.15, 0.2) is 0 Å². The van der Waals surface area contributed by atoms with Crippen LogP contribution in [0, 0.1) is 0 Å². The van der Waals surface area contributed by atoms with Crippen LogP contribution in [0.2, 0.25) is 0 Å². The van der Waals surface area contributed by atoms with Crippen LogP contribution in [0.3, 0.4) is 0 Å². The van der Waals surface area contributed by atoms with Gasteiger partial charge in [0, 0.05) is 0 Å². The predicted octanol–water partition coefficient (Wildman–Crippen LogP) is 4.00. The minimum absolute atomic E-state index is 0.790. The van der Waals surface area contributed by atoms with E-state index >= 15 is 0 Å². The summed E-state index contributed by atoms with van der Waals surface area (Å²) in [4.78, 5) is 0. The zero-order valence-corrected chi connectivity index (χ0v) is 9.61. The summed E-state index contributed by atoms with van der Waals surface area (Å²) in [5.41, 5.74) is 1.00. The molecule has 1 aliphatic carbocycles. The van der Waals surface area contributed by atoms with Gasteiger partial charge in [-0.2, -0.15) is 0 Å². The van der Waals surface area contributed by atoms with Gasteiger partial charge in [0.1, 0.15) is 0 Å². The molecule has 11 heavy (non-hydrogen) atoms. The van der Waals surface area contributed by atoms with Crippen molar-refractivity contribution in [1.29, 1.82) is 0 Å². The monoisotopic (exact) mass is 244 g/mol. The van der Waals surface area contributed by atoms with Gasteiger partial charge >= 0.3 is 82.0 Å². The molecule has 0 nitrogen and oxygen atoms in total. The van der Waals surface area contributed by atoms with E-state index in [9.17, 15) is 0 Å². The molecule has 0 N–H and O–H groups in total. The van der Waals surface area contributed by atoms with Crippen molar-refractivity contribution in [2.24, 2.45) is 0 Å². The average molecular weight is 245 g/mol. The maximum absolute atomic E-state index is 5.89. The van der Waals surface area contributed by atoms with Gasteiger partial charge in [-0.3, -0.25) is 0 Å². The van der Waals surface area contributed by atoms with Crippen molar-refractivity contribution in [3.05, 3.63) is 34.3 Å². The van der Waals surface area contributed by atoms with Crippen molar-refractivity contribution >= 4 is 27.9 Å². The molecule has 0 aromatic rings. The van der Waals surface area contributed by atoms with E-state index in [-0.39, 0.29) is 0 Å². The molecule has 0 fully saturated rings. The second-order valence-corrected chi connectivity index (χ2v) is 14.1. The van der Waals surface area contributed by atoms with Crippen molar-refractivity contribution in [3.8, 4) is 0 Å². The Bertz CT molecular complexity index is 235. The van der Waals surface area contributed by atoms with Crippen LogP contribution < -0.4 is 0 Å². The first-order valence-electron chi connectivity index (χ1n) is 3.15. The maximum atomic E-state index is 5.89. The van der Waals surface area contributed by atoms with E-state index in [1.807, 2.05) is 12.2 Å². The summed E-state index contributed by atoms with van der Waals surface area (Å²) in [7, 11) is 17.7. The van der Waals surface area contributed by atoms with Gasteiger partial charge in [0.25, 0.3) is 0 Å². The third kappa shape index (κ3) is 2.37. The molecule has 60 valence electrons. The summed E-state index contributed by atoms with van der Waals surface area (Å²) >= 11 is -3.12. The van der Waals surface area contributed by atoms with Crippen LogP contribution in [-0.2, 0) is 13.4 Å². The Morgan fingerprint density at radius 1 is 1.45 bits per heavy atom. The van der Waals surface area contributed by atoms with Crippen molar-refractivity contribution < 1.29 is 13.4 Å². The Labute approximate surface area is 81.5 Å². The van der Waals surface area contributed by atoms with Gasteiger partial charge in [-0.25, -0.2) is 0 Å². The molecule has 0 bridgehead atoms. The number of rotatable bonds is 2. The Morgan fingerprint density at radius 3 is 2.45 bits per heavy atom. The standard InChI is InChI=1S/C7H7.3ClH.Ti/c1-2-7-5-3-4-6-7;;;;/h2-3,5H,1,4H2;3*1H;/q;;;;+3/p-3. The third-order valence-corrected chi connectivity index (χ3v) is 6.19. The second kappa shape index (κ2) is 3.68. The van der Waals surface area contributed by atoms with E-state index in [2.05, 4.69) is 6.58 Å². The summed E-state index contributed by atoms with van der Waals surface area (Å²) in [6, 6.07) is 0. The molecule has 0 radical (unpaired) electrons. The number of hydrogen-bond donors (Lipinski definition) is 0. The average Bonchev–Trinajstić information content (AvgIpc) is 2.31. The van der Waals surface area contributed by atoms with Gasteiger partial charge in [-0.15, -0.1) is 0 Å². The van der Waals surface area contributed by atoms with E-state index in [0.29, 0.717) is 0 Å². The molecule has 0 amide bonds. The van der Waals surface area contributed by atoms with Gasteiger partial charge in [0.05, 0.1) is 0 Å². The number of halogens is 3. The van der Waals surface area contributed by atoms with Crippen molar-refractivity contribution in [2.45, 2.75) is 6.42 Å². The molecule has 0 heterocycles. The molecule has 1 rings (SSSR count). The molecule has 4 heteroatoms. The fraction of sp³-hybridized carbons (Fsp3) is 0.143. The van der Waals surface area contributed by atoms with Crippen molar-refractivity contribution in [1.82, 2.24) is 0 Å². The molecule has 0 spiro atoms. The molecular formula is C7H7Cl3Ti. The summed E-state index contributed by atoms with van der Waals surface area (Å²) in [6.07, 6.45) is 6.48. The fourth-order valence-electron chi connectivity index (χ4n) is 0.993. The molecule has 0 saturated carbocycles. The Balaban J connectivity index is 2.97. The molecule has 0 atom stereocenters. The van der Waals surface area contributed by atoms with Crippen LogP contribution in [0.4, 0.5) is 0 Å².